The molecule has 1 N–H and O–H groups in total. The lowest BCUT2D eigenvalue weighted by Gasteiger charge is -2.39. The number of hydrogen-bond donors (Lipinski definition) is 1. The molecule has 0 spiro atoms. The zero-order chi connectivity index (χ0) is 24.0. The summed E-state index contributed by atoms with van der Waals surface area (Å²) in [4.78, 5) is 18.2. The molecule has 2 fully saturated rings. The second-order valence-corrected chi connectivity index (χ2v) is 9.85. The van der Waals surface area contributed by atoms with E-state index in [1.165, 1.54) is 0 Å². The van der Waals surface area contributed by atoms with Crippen LogP contribution in [0.5, 0.6) is 5.88 Å². The van der Waals surface area contributed by atoms with Crippen molar-refractivity contribution >= 4 is 28.2 Å². The van der Waals surface area contributed by atoms with Crippen LogP contribution >= 0.6 is 0 Å². The number of imidazole rings is 1. The number of hydrogen-bond acceptors (Lipinski definition) is 7. The van der Waals surface area contributed by atoms with Gasteiger partial charge in [-0.25, -0.2) is 9.50 Å². The monoisotopic (exact) mass is 475 g/mol. The number of fused-ring (bicyclic) bond motifs is 2. The number of benzene rings is 1. The molecule has 5 heterocycles. The highest BCUT2D eigenvalue weighted by Gasteiger charge is 2.28. The van der Waals surface area contributed by atoms with Gasteiger partial charge in [0.1, 0.15) is 11.3 Å². The van der Waals surface area contributed by atoms with Crippen molar-refractivity contribution in [2.75, 3.05) is 31.2 Å². The highest BCUT2D eigenvalue weighted by atomic mass is 16.5. The maximum atomic E-state index is 11.4. The third kappa shape index (κ3) is 4.32. The number of carbonyl (C=O) groups excluding carboxylic acids is 1. The average molecular weight is 476 g/mol. The second-order valence-electron chi connectivity index (χ2n) is 9.85. The molecular formula is C26H29N5O4. The molecule has 4 aromatic rings. The van der Waals surface area contributed by atoms with E-state index in [9.17, 15) is 4.79 Å². The number of morpholine rings is 1. The van der Waals surface area contributed by atoms with Crippen LogP contribution in [0.2, 0.25) is 0 Å². The summed E-state index contributed by atoms with van der Waals surface area (Å²) in [7, 11) is 0. The van der Waals surface area contributed by atoms with Crippen LogP contribution in [0, 0.1) is 0 Å². The zero-order valence-corrected chi connectivity index (χ0v) is 20.0. The summed E-state index contributed by atoms with van der Waals surface area (Å²) in [6, 6.07) is 12.1. The lowest BCUT2D eigenvalue weighted by molar-refractivity contribution is -0.119. The first-order chi connectivity index (χ1) is 16.9. The van der Waals surface area contributed by atoms with Crippen molar-refractivity contribution in [1.29, 1.82) is 0 Å². The Bertz CT molecular complexity index is 1390. The largest absolute Gasteiger partial charge is 0.477 e. The molecule has 1 atom stereocenters. The van der Waals surface area contributed by atoms with Gasteiger partial charge in [0, 0.05) is 49.1 Å². The minimum absolute atomic E-state index is 0.115. The van der Waals surface area contributed by atoms with Gasteiger partial charge in [-0.05, 0) is 44.5 Å². The van der Waals surface area contributed by atoms with Crippen molar-refractivity contribution in [1.82, 2.24) is 19.9 Å². The fourth-order valence-corrected chi connectivity index (χ4v) is 4.97. The molecular weight excluding hydrogens is 446 g/mol. The van der Waals surface area contributed by atoms with Crippen molar-refractivity contribution in [3.05, 3.63) is 42.6 Å². The van der Waals surface area contributed by atoms with Crippen molar-refractivity contribution in [3.8, 4) is 17.3 Å². The number of amides is 1. The molecule has 2 saturated heterocycles. The summed E-state index contributed by atoms with van der Waals surface area (Å²) in [6.45, 7) is 7.07. The Morgan fingerprint density at radius 3 is 3.00 bits per heavy atom. The minimum Gasteiger partial charge on any atom is -0.477 e. The van der Waals surface area contributed by atoms with Gasteiger partial charge in [0.15, 0.2) is 11.4 Å². The summed E-state index contributed by atoms with van der Waals surface area (Å²) in [5.74, 6) is 1.32. The quantitative estimate of drug-likeness (QED) is 0.453. The van der Waals surface area contributed by atoms with E-state index >= 15 is 0 Å². The molecule has 9 nitrogen and oxygen atoms in total. The lowest BCUT2D eigenvalue weighted by Crippen LogP contribution is -2.48. The molecule has 2 aliphatic rings. The third-order valence-electron chi connectivity index (χ3n) is 6.70. The molecule has 1 unspecified atom stereocenters. The van der Waals surface area contributed by atoms with Gasteiger partial charge in [-0.2, -0.15) is 0 Å². The van der Waals surface area contributed by atoms with Crippen LogP contribution in [0.4, 0.5) is 5.69 Å². The van der Waals surface area contributed by atoms with Gasteiger partial charge in [-0.3, -0.25) is 4.79 Å². The van der Waals surface area contributed by atoms with E-state index in [1.54, 1.807) is 10.7 Å². The topological polar surface area (TPSA) is 94.1 Å². The first kappa shape index (κ1) is 21.9. The van der Waals surface area contributed by atoms with Gasteiger partial charge in [0.05, 0.1) is 25.0 Å². The van der Waals surface area contributed by atoms with Gasteiger partial charge in [-0.15, -0.1) is 5.10 Å². The first-order valence-corrected chi connectivity index (χ1v) is 12.1. The number of ether oxygens (including phenoxy) is 2. The minimum atomic E-state index is -0.196. The Kier molecular flexibility index (Phi) is 5.36. The molecule has 182 valence electrons. The van der Waals surface area contributed by atoms with Crippen LogP contribution in [0.15, 0.2) is 47.0 Å². The van der Waals surface area contributed by atoms with Crippen molar-refractivity contribution in [3.63, 3.8) is 0 Å². The maximum Gasteiger partial charge on any atom is 0.231 e. The van der Waals surface area contributed by atoms with E-state index in [2.05, 4.69) is 46.3 Å². The van der Waals surface area contributed by atoms with Crippen LogP contribution in [0.3, 0.4) is 0 Å². The number of anilines is 1. The first-order valence-electron chi connectivity index (χ1n) is 12.1. The number of carbonyl (C=O) groups is 1. The molecule has 0 saturated carbocycles. The van der Waals surface area contributed by atoms with Gasteiger partial charge < -0.3 is 24.1 Å². The van der Waals surface area contributed by atoms with Crippen LogP contribution in [-0.2, 0) is 9.53 Å². The lowest BCUT2D eigenvalue weighted by atomic mass is 10.1. The van der Waals surface area contributed by atoms with E-state index in [0.717, 1.165) is 48.3 Å². The summed E-state index contributed by atoms with van der Waals surface area (Å²) in [5.41, 5.74) is 3.24. The summed E-state index contributed by atoms with van der Waals surface area (Å²) < 4.78 is 19.8. The molecule has 6 rings (SSSR count). The van der Waals surface area contributed by atoms with E-state index in [4.69, 9.17) is 13.9 Å². The van der Waals surface area contributed by atoms with Crippen molar-refractivity contribution < 1.29 is 18.7 Å². The fourth-order valence-electron chi connectivity index (χ4n) is 4.97. The zero-order valence-electron chi connectivity index (χ0n) is 20.0. The second kappa shape index (κ2) is 8.57. The highest BCUT2D eigenvalue weighted by molar-refractivity contribution is 5.94. The Balaban J connectivity index is 1.27. The average Bonchev–Trinajstić information content (AvgIpc) is 3.55. The van der Waals surface area contributed by atoms with Crippen LogP contribution in [-0.4, -0.2) is 58.5 Å². The van der Waals surface area contributed by atoms with E-state index < -0.39 is 0 Å². The molecule has 1 aromatic carbocycles. The van der Waals surface area contributed by atoms with Crippen LogP contribution in [0.25, 0.3) is 28.1 Å². The summed E-state index contributed by atoms with van der Waals surface area (Å²) in [5, 5.41) is 8.67. The molecule has 9 heteroatoms. The fraction of sp³-hybridized carbons (Fsp3) is 0.423. The van der Waals surface area contributed by atoms with Crippen molar-refractivity contribution in [2.45, 2.75) is 44.8 Å². The Morgan fingerprint density at radius 1 is 1.26 bits per heavy atom. The number of aromatic nitrogens is 3. The van der Waals surface area contributed by atoms with E-state index in [1.807, 2.05) is 24.3 Å². The predicted molar refractivity (Wildman–Crippen MR) is 132 cm³/mol. The molecule has 3 aromatic heterocycles. The normalized spacial score (nSPS) is 20.0. The SMILES string of the molecule is CC1(C)CN(c2cccc3oc(-c4cnc5ccc(OCCC6CCC(=O)N6)nn45)cc23)CCO1. The summed E-state index contributed by atoms with van der Waals surface area (Å²) in [6.07, 6.45) is 3.98. The van der Waals surface area contributed by atoms with Crippen LogP contribution in [0.1, 0.15) is 33.1 Å². The molecule has 1 amide bonds. The number of furan rings is 1. The Hall–Kier alpha value is -3.59. The van der Waals surface area contributed by atoms with Gasteiger partial charge in [-0.1, -0.05) is 6.07 Å². The smallest absolute Gasteiger partial charge is 0.231 e. The van der Waals surface area contributed by atoms with E-state index in [-0.39, 0.29) is 17.6 Å². The van der Waals surface area contributed by atoms with Gasteiger partial charge in [0.2, 0.25) is 11.8 Å². The Morgan fingerprint density at radius 2 is 2.17 bits per heavy atom. The van der Waals surface area contributed by atoms with Gasteiger partial charge in [0.25, 0.3) is 0 Å². The van der Waals surface area contributed by atoms with Crippen molar-refractivity contribution in [2.24, 2.45) is 0 Å². The molecule has 0 bridgehead atoms. The Labute approximate surface area is 203 Å². The number of nitrogens with zero attached hydrogens (tertiary/aromatic N) is 4. The third-order valence-corrected chi connectivity index (χ3v) is 6.70. The maximum absolute atomic E-state index is 11.4. The number of rotatable bonds is 6. The standard InChI is InChI=1S/C26H29N5O4/c1-26(2)16-30(11-13-34-26)19-4-3-5-21-18(19)14-22(35-21)20-15-27-23-7-9-25(29-31(20)23)33-12-10-17-6-8-24(32)28-17/h3-5,7,9,14-15,17H,6,8,10-13,16H2,1-2H3,(H,28,32). The van der Waals surface area contributed by atoms with Gasteiger partial charge >= 0.3 is 0 Å². The molecule has 0 aliphatic carbocycles. The molecule has 2 aliphatic heterocycles. The molecule has 0 radical (unpaired) electrons. The number of nitrogens with one attached hydrogen (secondary N) is 1. The van der Waals surface area contributed by atoms with Crippen LogP contribution < -0.4 is 15.0 Å². The predicted octanol–water partition coefficient (Wildman–Crippen LogP) is 3.81. The summed E-state index contributed by atoms with van der Waals surface area (Å²) >= 11 is 0. The highest BCUT2D eigenvalue weighted by Crippen LogP contribution is 2.35. The molecule has 35 heavy (non-hydrogen) atoms. The van der Waals surface area contributed by atoms with E-state index in [0.29, 0.717) is 36.9 Å².